The highest BCUT2D eigenvalue weighted by atomic mass is 16.2. The molecular weight excluding hydrogens is 204 g/mol. The van der Waals surface area contributed by atoms with Crippen molar-refractivity contribution in [2.45, 2.75) is 58.5 Å². The highest BCUT2D eigenvalue weighted by Crippen LogP contribution is 2.26. The fourth-order valence-electron chi connectivity index (χ4n) is 1.55. The van der Waals surface area contributed by atoms with E-state index in [9.17, 15) is 9.59 Å². The summed E-state index contributed by atoms with van der Waals surface area (Å²) in [7, 11) is 0. The minimum atomic E-state index is -0.452. The fourth-order valence-corrected chi connectivity index (χ4v) is 1.55. The van der Waals surface area contributed by atoms with Gasteiger partial charge in [-0.1, -0.05) is 6.42 Å². The molecule has 0 spiro atoms. The Balaban J connectivity index is 2.36. The molecule has 0 radical (unpaired) electrons. The third kappa shape index (κ3) is 3.83. The molecule has 0 aromatic heterocycles. The average molecular weight is 226 g/mol. The second kappa shape index (κ2) is 4.85. The van der Waals surface area contributed by atoms with Crippen molar-refractivity contribution < 1.29 is 9.59 Å². The smallest absolute Gasteiger partial charge is 0.242 e. The first-order valence-corrected chi connectivity index (χ1v) is 5.92. The van der Waals surface area contributed by atoms with Gasteiger partial charge in [0, 0.05) is 11.5 Å². The zero-order valence-electron chi connectivity index (χ0n) is 10.6. The van der Waals surface area contributed by atoms with Crippen molar-refractivity contribution in [2.75, 3.05) is 0 Å². The van der Waals surface area contributed by atoms with E-state index in [2.05, 4.69) is 10.6 Å². The minimum Gasteiger partial charge on any atom is -0.350 e. The summed E-state index contributed by atoms with van der Waals surface area (Å²) in [5, 5.41) is 5.60. The van der Waals surface area contributed by atoms with E-state index in [1.165, 1.54) is 0 Å². The summed E-state index contributed by atoms with van der Waals surface area (Å²) >= 11 is 0. The molecule has 0 bridgehead atoms. The van der Waals surface area contributed by atoms with Gasteiger partial charge in [-0.25, -0.2) is 0 Å². The lowest BCUT2D eigenvalue weighted by Gasteiger charge is -2.27. The molecule has 92 valence electrons. The highest BCUT2D eigenvalue weighted by molar-refractivity contribution is 5.88. The van der Waals surface area contributed by atoms with Crippen LogP contribution >= 0.6 is 0 Å². The Hall–Kier alpha value is -1.06. The third-order valence-electron chi connectivity index (χ3n) is 2.73. The third-order valence-corrected chi connectivity index (χ3v) is 2.73. The van der Waals surface area contributed by atoms with Gasteiger partial charge in [0.2, 0.25) is 11.8 Å². The van der Waals surface area contributed by atoms with Gasteiger partial charge in [-0.15, -0.1) is 0 Å². The van der Waals surface area contributed by atoms with Crippen LogP contribution in [0.4, 0.5) is 0 Å². The number of amides is 2. The largest absolute Gasteiger partial charge is 0.350 e. The summed E-state index contributed by atoms with van der Waals surface area (Å²) in [5.41, 5.74) is -0.257. The Labute approximate surface area is 97.2 Å². The van der Waals surface area contributed by atoms with Crippen molar-refractivity contribution >= 4 is 11.8 Å². The monoisotopic (exact) mass is 226 g/mol. The molecule has 0 saturated heterocycles. The van der Waals surface area contributed by atoms with Crippen LogP contribution in [0.1, 0.15) is 47.0 Å². The van der Waals surface area contributed by atoms with Crippen LogP contribution in [0.5, 0.6) is 0 Å². The maximum Gasteiger partial charge on any atom is 0.242 e. The van der Waals surface area contributed by atoms with E-state index in [0.29, 0.717) is 0 Å². The van der Waals surface area contributed by atoms with Crippen molar-refractivity contribution in [3.63, 3.8) is 0 Å². The van der Waals surface area contributed by atoms with Crippen molar-refractivity contribution in [3.8, 4) is 0 Å². The fraction of sp³-hybridized carbons (Fsp3) is 0.833. The molecular formula is C12H22N2O2. The molecule has 1 saturated carbocycles. The molecule has 1 atom stereocenters. The number of carbonyl (C=O) groups excluding carboxylic acids is 2. The van der Waals surface area contributed by atoms with E-state index in [0.717, 1.165) is 19.3 Å². The van der Waals surface area contributed by atoms with Gasteiger partial charge >= 0.3 is 0 Å². The Morgan fingerprint density at radius 2 is 1.81 bits per heavy atom. The normalized spacial score (nSPS) is 18.5. The summed E-state index contributed by atoms with van der Waals surface area (Å²) in [6.45, 7) is 7.49. The van der Waals surface area contributed by atoms with Gasteiger partial charge in [-0.05, 0) is 40.5 Å². The Morgan fingerprint density at radius 3 is 2.19 bits per heavy atom. The maximum absolute atomic E-state index is 11.7. The van der Waals surface area contributed by atoms with E-state index in [1.54, 1.807) is 6.92 Å². The predicted octanol–water partition coefficient (Wildman–Crippen LogP) is 1.21. The van der Waals surface area contributed by atoms with Gasteiger partial charge in [0.25, 0.3) is 0 Å². The van der Waals surface area contributed by atoms with E-state index in [4.69, 9.17) is 0 Å². The lowest BCUT2D eigenvalue weighted by Crippen LogP contribution is -2.52. The van der Waals surface area contributed by atoms with Crippen LogP contribution in [-0.2, 0) is 9.59 Å². The van der Waals surface area contributed by atoms with Gasteiger partial charge in [0.15, 0.2) is 0 Å². The molecule has 1 aliphatic rings. The summed E-state index contributed by atoms with van der Waals surface area (Å²) in [5.74, 6) is 0.0212. The van der Waals surface area contributed by atoms with Gasteiger partial charge in [0.1, 0.15) is 6.04 Å². The number of rotatable bonds is 3. The molecule has 0 heterocycles. The Bertz CT molecular complexity index is 277. The molecule has 0 aliphatic heterocycles. The lowest BCUT2D eigenvalue weighted by molar-refractivity contribution is -0.132. The standard InChI is InChI=1S/C12H22N2O2/c1-8(10(15)14-12(2,3)4)13-11(16)9-6-5-7-9/h8-9H,5-7H2,1-4H3,(H,13,16)(H,14,15). The van der Waals surface area contributed by atoms with Crippen LogP contribution in [0.2, 0.25) is 0 Å². The van der Waals surface area contributed by atoms with Crippen LogP contribution in [0, 0.1) is 5.92 Å². The van der Waals surface area contributed by atoms with E-state index in [-0.39, 0.29) is 23.3 Å². The highest BCUT2D eigenvalue weighted by Gasteiger charge is 2.28. The van der Waals surface area contributed by atoms with E-state index in [1.807, 2.05) is 20.8 Å². The first-order chi connectivity index (χ1) is 7.29. The van der Waals surface area contributed by atoms with Gasteiger partial charge < -0.3 is 10.6 Å². The molecule has 1 rings (SSSR count). The number of carbonyl (C=O) groups is 2. The van der Waals surface area contributed by atoms with Crippen molar-refractivity contribution in [2.24, 2.45) is 5.92 Å². The number of hydrogen-bond acceptors (Lipinski definition) is 2. The molecule has 2 amide bonds. The second-order valence-corrected chi connectivity index (χ2v) is 5.60. The number of hydrogen-bond donors (Lipinski definition) is 2. The van der Waals surface area contributed by atoms with E-state index >= 15 is 0 Å². The second-order valence-electron chi connectivity index (χ2n) is 5.60. The summed E-state index contributed by atoms with van der Waals surface area (Å²) in [6.07, 6.45) is 3.04. The molecule has 16 heavy (non-hydrogen) atoms. The summed E-state index contributed by atoms with van der Waals surface area (Å²) in [6, 6.07) is -0.452. The SMILES string of the molecule is CC(NC(=O)C1CCC1)C(=O)NC(C)(C)C. The predicted molar refractivity (Wildman–Crippen MR) is 62.8 cm³/mol. The lowest BCUT2D eigenvalue weighted by atomic mass is 9.84. The quantitative estimate of drug-likeness (QED) is 0.760. The number of nitrogens with one attached hydrogen (secondary N) is 2. The van der Waals surface area contributed by atoms with Gasteiger partial charge in [-0.3, -0.25) is 9.59 Å². The molecule has 0 aromatic carbocycles. The van der Waals surface area contributed by atoms with Crippen LogP contribution in [0.3, 0.4) is 0 Å². The Morgan fingerprint density at radius 1 is 1.25 bits per heavy atom. The van der Waals surface area contributed by atoms with Crippen LogP contribution in [0.25, 0.3) is 0 Å². The molecule has 2 N–H and O–H groups in total. The summed E-state index contributed by atoms with van der Waals surface area (Å²) < 4.78 is 0. The van der Waals surface area contributed by atoms with Crippen LogP contribution < -0.4 is 10.6 Å². The molecule has 1 fully saturated rings. The zero-order chi connectivity index (χ0) is 12.3. The Kier molecular flexibility index (Phi) is 3.94. The maximum atomic E-state index is 11.7. The van der Waals surface area contributed by atoms with Crippen LogP contribution in [0.15, 0.2) is 0 Å². The minimum absolute atomic E-state index is 0.0165. The zero-order valence-corrected chi connectivity index (χ0v) is 10.6. The van der Waals surface area contributed by atoms with Crippen molar-refractivity contribution in [3.05, 3.63) is 0 Å². The summed E-state index contributed by atoms with van der Waals surface area (Å²) in [4.78, 5) is 23.3. The van der Waals surface area contributed by atoms with Crippen molar-refractivity contribution in [1.82, 2.24) is 10.6 Å². The molecule has 4 heteroatoms. The van der Waals surface area contributed by atoms with E-state index < -0.39 is 6.04 Å². The molecule has 0 aromatic rings. The van der Waals surface area contributed by atoms with Crippen molar-refractivity contribution in [1.29, 1.82) is 0 Å². The van der Waals surface area contributed by atoms with Gasteiger partial charge in [0.05, 0.1) is 0 Å². The molecule has 4 nitrogen and oxygen atoms in total. The molecule has 1 unspecified atom stereocenters. The molecule has 1 aliphatic carbocycles. The first-order valence-electron chi connectivity index (χ1n) is 5.92. The topological polar surface area (TPSA) is 58.2 Å². The average Bonchev–Trinajstić information content (AvgIpc) is 1.96. The van der Waals surface area contributed by atoms with Gasteiger partial charge in [-0.2, -0.15) is 0 Å². The first kappa shape index (κ1) is 13.0. The van der Waals surface area contributed by atoms with Crippen LogP contribution in [-0.4, -0.2) is 23.4 Å².